The fourth-order valence-electron chi connectivity index (χ4n) is 1.99. The minimum Gasteiger partial charge on any atom is -0.316 e. The van der Waals surface area contributed by atoms with E-state index in [4.69, 9.17) is 0 Å². The molecule has 0 saturated carbocycles. The Balaban J connectivity index is 2.33. The Bertz CT molecular complexity index is 362. The normalized spacial score (nSPS) is 21.7. The Hall–Kier alpha value is -0.480. The van der Waals surface area contributed by atoms with E-state index in [2.05, 4.69) is 21.2 Å². The minimum absolute atomic E-state index is 0.0887. The van der Waals surface area contributed by atoms with Crippen LogP contribution in [0.5, 0.6) is 0 Å². The molecule has 1 N–H and O–H groups in total. The van der Waals surface area contributed by atoms with Crippen molar-refractivity contribution in [3.8, 4) is 0 Å². The van der Waals surface area contributed by atoms with Crippen LogP contribution < -0.4 is 5.32 Å². The van der Waals surface area contributed by atoms with Crippen molar-refractivity contribution in [3.05, 3.63) is 33.8 Å². The topological polar surface area (TPSA) is 12.0 Å². The molecule has 0 aliphatic carbocycles. The van der Waals surface area contributed by atoms with Gasteiger partial charge in [-0.1, -0.05) is 15.9 Å². The van der Waals surface area contributed by atoms with Gasteiger partial charge in [-0.2, -0.15) is 0 Å². The molecule has 1 unspecified atom stereocenters. The molecule has 1 aromatic carbocycles. The van der Waals surface area contributed by atoms with Gasteiger partial charge in [0.05, 0.1) is 0 Å². The SMILES string of the molecule is Fc1cc(Br)cc(C2CCCNC2)c1F. The Morgan fingerprint density at radius 1 is 1.33 bits per heavy atom. The molecule has 2 rings (SSSR count). The zero-order valence-corrected chi connectivity index (χ0v) is 9.78. The zero-order chi connectivity index (χ0) is 10.8. The summed E-state index contributed by atoms with van der Waals surface area (Å²) in [4.78, 5) is 0. The van der Waals surface area contributed by atoms with Gasteiger partial charge in [-0.05, 0) is 43.0 Å². The molecular weight excluding hydrogens is 264 g/mol. The standard InChI is InChI=1S/C11H12BrF2N/c12-8-4-9(11(14)10(13)5-8)7-2-1-3-15-6-7/h4-5,7,15H,1-3,6H2. The van der Waals surface area contributed by atoms with Gasteiger partial charge in [-0.15, -0.1) is 0 Å². The van der Waals surface area contributed by atoms with Crippen molar-refractivity contribution >= 4 is 15.9 Å². The van der Waals surface area contributed by atoms with Crippen molar-refractivity contribution in [1.29, 1.82) is 0 Å². The number of piperidine rings is 1. The first-order chi connectivity index (χ1) is 7.18. The van der Waals surface area contributed by atoms with Crippen LogP contribution in [0.3, 0.4) is 0 Å². The van der Waals surface area contributed by atoms with Gasteiger partial charge in [0.2, 0.25) is 0 Å². The summed E-state index contributed by atoms with van der Waals surface area (Å²) in [5.41, 5.74) is 0.481. The van der Waals surface area contributed by atoms with E-state index in [0.717, 1.165) is 32.0 Å². The number of rotatable bonds is 1. The summed E-state index contributed by atoms with van der Waals surface area (Å²) in [5, 5.41) is 3.20. The molecule has 1 aromatic rings. The smallest absolute Gasteiger partial charge is 0.162 e. The molecule has 1 saturated heterocycles. The number of hydrogen-bond donors (Lipinski definition) is 1. The maximum absolute atomic E-state index is 13.5. The summed E-state index contributed by atoms with van der Waals surface area (Å²) in [6.45, 7) is 1.70. The van der Waals surface area contributed by atoms with Crippen LogP contribution in [0.1, 0.15) is 24.3 Å². The van der Waals surface area contributed by atoms with E-state index in [0.29, 0.717) is 10.0 Å². The van der Waals surface area contributed by atoms with Crippen molar-refractivity contribution in [1.82, 2.24) is 5.32 Å². The fourth-order valence-corrected chi connectivity index (χ4v) is 2.44. The monoisotopic (exact) mass is 275 g/mol. The van der Waals surface area contributed by atoms with E-state index in [1.807, 2.05) is 0 Å². The minimum atomic E-state index is -0.773. The largest absolute Gasteiger partial charge is 0.316 e. The maximum atomic E-state index is 13.5. The number of benzene rings is 1. The van der Waals surface area contributed by atoms with Gasteiger partial charge in [-0.3, -0.25) is 0 Å². The van der Waals surface area contributed by atoms with E-state index in [9.17, 15) is 8.78 Å². The van der Waals surface area contributed by atoms with Crippen LogP contribution in [0, 0.1) is 11.6 Å². The third-order valence-electron chi connectivity index (χ3n) is 2.76. The predicted octanol–water partition coefficient (Wildman–Crippen LogP) is 3.19. The molecule has 0 amide bonds. The number of hydrogen-bond acceptors (Lipinski definition) is 1. The van der Waals surface area contributed by atoms with Gasteiger partial charge >= 0.3 is 0 Å². The van der Waals surface area contributed by atoms with Gasteiger partial charge in [0, 0.05) is 11.0 Å². The molecule has 1 nitrogen and oxygen atoms in total. The van der Waals surface area contributed by atoms with Crippen molar-refractivity contribution in [2.24, 2.45) is 0 Å². The van der Waals surface area contributed by atoms with Gasteiger partial charge in [0.25, 0.3) is 0 Å². The van der Waals surface area contributed by atoms with Crippen molar-refractivity contribution in [3.63, 3.8) is 0 Å². The lowest BCUT2D eigenvalue weighted by Gasteiger charge is -2.23. The second-order valence-electron chi connectivity index (χ2n) is 3.83. The first kappa shape index (κ1) is 11.0. The van der Waals surface area contributed by atoms with Gasteiger partial charge < -0.3 is 5.32 Å². The van der Waals surface area contributed by atoms with Crippen molar-refractivity contribution in [2.45, 2.75) is 18.8 Å². The lowest BCUT2D eigenvalue weighted by atomic mass is 9.91. The molecule has 1 atom stereocenters. The molecule has 4 heteroatoms. The first-order valence-electron chi connectivity index (χ1n) is 5.03. The third-order valence-corrected chi connectivity index (χ3v) is 3.22. The molecule has 0 bridgehead atoms. The lowest BCUT2D eigenvalue weighted by molar-refractivity contribution is 0.430. The van der Waals surface area contributed by atoms with Crippen molar-refractivity contribution in [2.75, 3.05) is 13.1 Å². The van der Waals surface area contributed by atoms with Crippen LogP contribution in [0.25, 0.3) is 0 Å². The van der Waals surface area contributed by atoms with Crippen LogP contribution in [-0.2, 0) is 0 Å². The predicted molar refractivity (Wildman–Crippen MR) is 58.9 cm³/mol. The fraction of sp³-hybridized carbons (Fsp3) is 0.455. The number of halogens is 3. The summed E-state index contributed by atoms with van der Waals surface area (Å²) in [5.74, 6) is -1.39. The van der Waals surface area contributed by atoms with E-state index >= 15 is 0 Å². The second kappa shape index (κ2) is 4.58. The summed E-state index contributed by atoms with van der Waals surface area (Å²) >= 11 is 3.19. The highest BCUT2D eigenvalue weighted by molar-refractivity contribution is 9.10. The Morgan fingerprint density at radius 3 is 2.80 bits per heavy atom. The van der Waals surface area contributed by atoms with Gasteiger partial charge in [-0.25, -0.2) is 8.78 Å². The summed E-state index contributed by atoms with van der Waals surface area (Å²) < 4.78 is 27.3. The molecule has 0 spiro atoms. The zero-order valence-electron chi connectivity index (χ0n) is 8.19. The third kappa shape index (κ3) is 2.37. The first-order valence-corrected chi connectivity index (χ1v) is 5.83. The van der Waals surface area contributed by atoms with E-state index in [1.54, 1.807) is 6.07 Å². The van der Waals surface area contributed by atoms with Crippen LogP contribution >= 0.6 is 15.9 Å². The highest BCUT2D eigenvalue weighted by Gasteiger charge is 2.21. The van der Waals surface area contributed by atoms with Crippen molar-refractivity contribution < 1.29 is 8.78 Å². The van der Waals surface area contributed by atoms with E-state index < -0.39 is 11.6 Å². The Labute approximate surface area is 96.0 Å². The average molecular weight is 276 g/mol. The molecule has 1 aliphatic rings. The van der Waals surface area contributed by atoms with E-state index in [-0.39, 0.29) is 5.92 Å². The highest BCUT2D eigenvalue weighted by atomic mass is 79.9. The molecule has 1 heterocycles. The maximum Gasteiger partial charge on any atom is 0.162 e. The summed E-state index contributed by atoms with van der Waals surface area (Å²) in [6, 6.07) is 2.84. The van der Waals surface area contributed by atoms with Crippen LogP contribution in [0.15, 0.2) is 16.6 Å². The highest BCUT2D eigenvalue weighted by Crippen LogP contribution is 2.29. The van der Waals surface area contributed by atoms with Gasteiger partial charge in [0.1, 0.15) is 0 Å². The molecule has 82 valence electrons. The Morgan fingerprint density at radius 2 is 2.13 bits per heavy atom. The molecule has 1 fully saturated rings. The van der Waals surface area contributed by atoms with Crippen LogP contribution in [0.2, 0.25) is 0 Å². The van der Waals surface area contributed by atoms with Gasteiger partial charge in [0.15, 0.2) is 11.6 Å². The summed E-state index contributed by atoms with van der Waals surface area (Å²) in [6.07, 6.45) is 1.93. The number of nitrogens with one attached hydrogen (secondary N) is 1. The Kier molecular flexibility index (Phi) is 3.36. The molecule has 0 aromatic heterocycles. The average Bonchev–Trinajstić information content (AvgIpc) is 2.24. The summed E-state index contributed by atoms with van der Waals surface area (Å²) in [7, 11) is 0. The van der Waals surface area contributed by atoms with E-state index in [1.165, 1.54) is 0 Å². The molecule has 15 heavy (non-hydrogen) atoms. The quantitative estimate of drug-likeness (QED) is 0.777. The van der Waals surface area contributed by atoms with Crippen LogP contribution in [0.4, 0.5) is 8.78 Å². The lowest BCUT2D eigenvalue weighted by Crippen LogP contribution is -2.29. The molecule has 0 radical (unpaired) electrons. The van der Waals surface area contributed by atoms with Crippen LogP contribution in [-0.4, -0.2) is 13.1 Å². The molecule has 1 aliphatic heterocycles. The molecular formula is C11H12BrF2N. The second-order valence-corrected chi connectivity index (χ2v) is 4.75.